The SMILES string of the molecule is CCC(N)C(c1ccc(C)s1)N(CCOC)CCOC. The summed E-state index contributed by atoms with van der Waals surface area (Å²) in [6.45, 7) is 7.44. The molecular formula is C15H28N2O2S. The molecule has 0 saturated heterocycles. The smallest absolute Gasteiger partial charge is 0.0595 e. The molecule has 0 bridgehead atoms. The van der Waals surface area contributed by atoms with Gasteiger partial charge in [-0.25, -0.2) is 0 Å². The van der Waals surface area contributed by atoms with Gasteiger partial charge in [-0.1, -0.05) is 6.92 Å². The first-order chi connectivity index (χ1) is 9.63. The van der Waals surface area contributed by atoms with Gasteiger partial charge in [0.2, 0.25) is 0 Å². The Kier molecular flexibility index (Phi) is 8.33. The Morgan fingerprint density at radius 2 is 1.80 bits per heavy atom. The third-order valence-electron chi connectivity index (χ3n) is 3.49. The van der Waals surface area contributed by atoms with Gasteiger partial charge in [-0.05, 0) is 25.5 Å². The molecular weight excluding hydrogens is 272 g/mol. The van der Waals surface area contributed by atoms with Crippen LogP contribution in [-0.2, 0) is 9.47 Å². The number of nitrogens with two attached hydrogens (primary N) is 1. The maximum absolute atomic E-state index is 6.39. The van der Waals surface area contributed by atoms with Gasteiger partial charge in [0.25, 0.3) is 0 Å². The lowest BCUT2D eigenvalue weighted by Gasteiger charge is -2.34. The molecule has 1 aromatic rings. The first-order valence-corrected chi connectivity index (χ1v) is 7.99. The third-order valence-corrected chi connectivity index (χ3v) is 4.56. The van der Waals surface area contributed by atoms with E-state index in [4.69, 9.17) is 15.2 Å². The summed E-state index contributed by atoms with van der Waals surface area (Å²) in [5.74, 6) is 0. The fraction of sp³-hybridized carbons (Fsp3) is 0.733. The number of ether oxygens (including phenoxy) is 2. The highest BCUT2D eigenvalue weighted by atomic mass is 32.1. The van der Waals surface area contributed by atoms with Crippen molar-refractivity contribution in [3.8, 4) is 0 Å². The molecule has 116 valence electrons. The summed E-state index contributed by atoms with van der Waals surface area (Å²) < 4.78 is 10.5. The molecule has 0 aliphatic heterocycles. The van der Waals surface area contributed by atoms with Gasteiger partial charge < -0.3 is 15.2 Å². The van der Waals surface area contributed by atoms with Crippen molar-refractivity contribution in [3.63, 3.8) is 0 Å². The molecule has 0 radical (unpaired) electrons. The predicted octanol–water partition coefficient (Wildman–Crippen LogP) is 2.43. The number of hydrogen-bond donors (Lipinski definition) is 1. The second-order valence-electron chi connectivity index (χ2n) is 4.99. The molecule has 0 fully saturated rings. The van der Waals surface area contributed by atoms with Gasteiger partial charge in [0.1, 0.15) is 0 Å². The summed E-state index contributed by atoms with van der Waals surface area (Å²) in [7, 11) is 3.47. The van der Waals surface area contributed by atoms with Crippen LogP contribution in [0.1, 0.15) is 29.1 Å². The largest absolute Gasteiger partial charge is 0.383 e. The Morgan fingerprint density at radius 3 is 2.20 bits per heavy atom. The Morgan fingerprint density at radius 1 is 1.20 bits per heavy atom. The predicted molar refractivity (Wildman–Crippen MR) is 85.4 cm³/mol. The van der Waals surface area contributed by atoms with Crippen LogP contribution in [0.15, 0.2) is 12.1 Å². The minimum Gasteiger partial charge on any atom is -0.383 e. The van der Waals surface area contributed by atoms with E-state index < -0.39 is 0 Å². The van der Waals surface area contributed by atoms with Gasteiger partial charge in [-0.15, -0.1) is 11.3 Å². The number of methoxy groups -OCH3 is 2. The van der Waals surface area contributed by atoms with Crippen LogP contribution in [0.2, 0.25) is 0 Å². The zero-order valence-electron chi connectivity index (χ0n) is 13.1. The van der Waals surface area contributed by atoms with Gasteiger partial charge in [0.05, 0.1) is 19.3 Å². The van der Waals surface area contributed by atoms with Gasteiger partial charge in [0, 0.05) is 43.1 Å². The lowest BCUT2D eigenvalue weighted by atomic mass is 10.0. The summed E-state index contributed by atoms with van der Waals surface area (Å²) in [5, 5.41) is 0. The van der Waals surface area contributed by atoms with E-state index in [1.807, 2.05) is 11.3 Å². The summed E-state index contributed by atoms with van der Waals surface area (Å²) in [5.41, 5.74) is 6.39. The van der Waals surface area contributed by atoms with Crippen LogP contribution in [0.3, 0.4) is 0 Å². The normalized spacial score (nSPS) is 14.7. The molecule has 0 aliphatic rings. The van der Waals surface area contributed by atoms with Crippen LogP contribution >= 0.6 is 11.3 Å². The summed E-state index contributed by atoms with van der Waals surface area (Å²) >= 11 is 1.83. The quantitative estimate of drug-likeness (QED) is 0.721. The summed E-state index contributed by atoms with van der Waals surface area (Å²) in [6, 6.07) is 4.73. The number of thiophene rings is 1. The lowest BCUT2D eigenvalue weighted by Crippen LogP contribution is -2.43. The van der Waals surface area contributed by atoms with Crippen LogP contribution in [0.4, 0.5) is 0 Å². The van der Waals surface area contributed by atoms with Crippen molar-refractivity contribution >= 4 is 11.3 Å². The van der Waals surface area contributed by atoms with Crippen molar-refractivity contribution in [2.45, 2.75) is 32.4 Å². The van der Waals surface area contributed by atoms with Gasteiger partial charge in [-0.2, -0.15) is 0 Å². The second kappa shape index (κ2) is 9.47. The monoisotopic (exact) mass is 300 g/mol. The molecule has 5 heteroatoms. The highest BCUT2D eigenvalue weighted by molar-refractivity contribution is 7.12. The van der Waals surface area contributed by atoms with Crippen molar-refractivity contribution in [2.75, 3.05) is 40.5 Å². The van der Waals surface area contributed by atoms with Crippen LogP contribution in [0.5, 0.6) is 0 Å². The second-order valence-corrected chi connectivity index (χ2v) is 6.31. The van der Waals surface area contributed by atoms with Crippen molar-refractivity contribution in [1.82, 2.24) is 4.90 Å². The Bertz CT molecular complexity index is 363. The van der Waals surface area contributed by atoms with E-state index >= 15 is 0 Å². The summed E-state index contributed by atoms with van der Waals surface area (Å²) in [4.78, 5) is 5.04. The Hall–Kier alpha value is -0.460. The highest BCUT2D eigenvalue weighted by Crippen LogP contribution is 2.30. The van der Waals surface area contributed by atoms with Crippen LogP contribution in [0, 0.1) is 6.92 Å². The fourth-order valence-electron chi connectivity index (χ4n) is 2.30. The van der Waals surface area contributed by atoms with Gasteiger partial charge in [-0.3, -0.25) is 4.90 Å². The highest BCUT2D eigenvalue weighted by Gasteiger charge is 2.26. The molecule has 2 atom stereocenters. The molecule has 20 heavy (non-hydrogen) atoms. The maximum Gasteiger partial charge on any atom is 0.0595 e. The van der Waals surface area contributed by atoms with Gasteiger partial charge >= 0.3 is 0 Å². The minimum absolute atomic E-state index is 0.127. The van der Waals surface area contributed by atoms with E-state index in [2.05, 4.69) is 30.9 Å². The van der Waals surface area contributed by atoms with E-state index in [0.717, 1.165) is 19.5 Å². The van der Waals surface area contributed by atoms with Crippen molar-refractivity contribution < 1.29 is 9.47 Å². The molecule has 0 saturated carbocycles. The van der Waals surface area contributed by atoms with Crippen LogP contribution < -0.4 is 5.73 Å². The van der Waals surface area contributed by atoms with E-state index in [0.29, 0.717) is 13.2 Å². The van der Waals surface area contributed by atoms with Crippen LogP contribution in [0.25, 0.3) is 0 Å². The van der Waals surface area contributed by atoms with Crippen molar-refractivity contribution in [1.29, 1.82) is 0 Å². The number of rotatable bonds is 10. The van der Waals surface area contributed by atoms with E-state index in [9.17, 15) is 0 Å². The first kappa shape index (κ1) is 17.6. The zero-order valence-corrected chi connectivity index (χ0v) is 13.9. The van der Waals surface area contributed by atoms with E-state index in [1.165, 1.54) is 9.75 Å². The average molecular weight is 300 g/mol. The molecule has 1 heterocycles. The lowest BCUT2D eigenvalue weighted by molar-refractivity contribution is 0.0787. The molecule has 0 aromatic carbocycles. The Labute approximate surface area is 126 Å². The van der Waals surface area contributed by atoms with Crippen LogP contribution in [-0.4, -0.2) is 51.5 Å². The molecule has 0 amide bonds. The molecule has 2 N–H and O–H groups in total. The number of aryl methyl sites for hydroxylation is 1. The maximum atomic E-state index is 6.39. The van der Waals surface area contributed by atoms with Crippen molar-refractivity contribution in [2.24, 2.45) is 5.73 Å². The first-order valence-electron chi connectivity index (χ1n) is 7.17. The summed E-state index contributed by atoms with van der Waals surface area (Å²) in [6.07, 6.45) is 0.956. The molecule has 1 rings (SSSR count). The molecule has 4 nitrogen and oxygen atoms in total. The molecule has 0 aliphatic carbocycles. The third kappa shape index (κ3) is 5.14. The molecule has 0 spiro atoms. The average Bonchev–Trinajstić information content (AvgIpc) is 2.87. The fourth-order valence-corrected chi connectivity index (χ4v) is 3.39. The minimum atomic E-state index is 0.127. The topological polar surface area (TPSA) is 47.7 Å². The zero-order chi connectivity index (χ0) is 15.0. The number of hydrogen-bond acceptors (Lipinski definition) is 5. The van der Waals surface area contributed by atoms with Gasteiger partial charge in [0.15, 0.2) is 0 Å². The Balaban J connectivity index is 2.90. The van der Waals surface area contributed by atoms with Crippen molar-refractivity contribution in [3.05, 3.63) is 21.9 Å². The molecule has 2 unspecified atom stereocenters. The molecule has 1 aromatic heterocycles. The van der Waals surface area contributed by atoms with E-state index in [-0.39, 0.29) is 12.1 Å². The van der Waals surface area contributed by atoms with E-state index in [1.54, 1.807) is 14.2 Å². The standard InChI is InChI=1S/C15H28N2O2S/c1-5-13(16)15(14-7-6-12(2)20-14)17(8-10-18-3)9-11-19-4/h6-7,13,15H,5,8-11,16H2,1-4H3. The number of nitrogens with zero attached hydrogens (tertiary/aromatic N) is 1.